The van der Waals surface area contributed by atoms with Crippen molar-refractivity contribution in [2.24, 2.45) is 0 Å². The fourth-order valence-electron chi connectivity index (χ4n) is 2.55. The molecule has 3 rings (SSSR count). The van der Waals surface area contributed by atoms with Gasteiger partial charge in [0.1, 0.15) is 5.82 Å². The molecule has 0 spiro atoms. The molecule has 0 bridgehead atoms. The fraction of sp³-hybridized carbons (Fsp3) is 0.750. The number of fused-ring (bicyclic) bond motifs is 1. The van der Waals surface area contributed by atoms with E-state index in [9.17, 15) is 0 Å². The molecule has 1 saturated carbocycles. The van der Waals surface area contributed by atoms with Gasteiger partial charge in [-0.3, -0.25) is 0 Å². The molecule has 1 aliphatic carbocycles. The number of hydrogen-bond donors (Lipinski definition) is 1. The molecule has 0 amide bonds. The van der Waals surface area contributed by atoms with E-state index in [1.54, 1.807) is 0 Å². The summed E-state index contributed by atoms with van der Waals surface area (Å²) < 4.78 is 2.42. The van der Waals surface area contributed by atoms with Gasteiger partial charge in [0.05, 0.1) is 11.9 Å². The van der Waals surface area contributed by atoms with Crippen LogP contribution in [0.1, 0.15) is 50.2 Å². The molecule has 82 valence electrons. The second kappa shape index (κ2) is 3.63. The predicted octanol–water partition coefficient (Wildman–Crippen LogP) is 2.03. The summed E-state index contributed by atoms with van der Waals surface area (Å²) in [6.07, 6.45) is 8.44. The molecule has 0 aromatic carbocycles. The zero-order chi connectivity index (χ0) is 10.3. The maximum Gasteiger partial charge on any atom is 0.108 e. The van der Waals surface area contributed by atoms with Gasteiger partial charge in [-0.1, -0.05) is 6.92 Å². The van der Waals surface area contributed by atoms with Crippen LogP contribution >= 0.6 is 0 Å². The number of hydrogen-bond acceptors (Lipinski definition) is 2. The molecule has 1 unspecified atom stereocenters. The number of rotatable bonds is 3. The van der Waals surface area contributed by atoms with Crippen molar-refractivity contribution in [3.8, 4) is 0 Å². The van der Waals surface area contributed by atoms with Crippen molar-refractivity contribution < 1.29 is 0 Å². The Morgan fingerprint density at radius 1 is 1.47 bits per heavy atom. The van der Waals surface area contributed by atoms with Gasteiger partial charge in [-0.2, -0.15) is 0 Å². The lowest BCUT2D eigenvalue weighted by molar-refractivity contribution is 0.388. The highest BCUT2D eigenvalue weighted by Crippen LogP contribution is 2.30. The van der Waals surface area contributed by atoms with Crippen molar-refractivity contribution in [3.05, 3.63) is 17.7 Å². The average molecular weight is 205 g/mol. The monoisotopic (exact) mass is 205 g/mol. The smallest absolute Gasteiger partial charge is 0.108 e. The largest absolute Gasteiger partial charge is 0.331 e. The van der Waals surface area contributed by atoms with Crippen LogP contribution in [0, 0.1) is 0 Å². The summed E-state index contributed by atoms with van der Waals surface area (Å²) in [4.78, 5) is 4.52. The summed E-state index contributed by atoms with van der Waals surface area (Å²) in [6, 6.07) is 1.36. The maximum absolute atomic E-state index is 4.52. The van der Waals surface area contributed by atoms with Gasteiger partial charge in [-0.15, -0.1) is 0 Å². The highest BCUT2D eigenvalue weighted by atomic mass is 15.1. The van der Waals surface area contributed by atoms with Gasteiger partial charge < -0.3 is 9.88 Å². The molecule has 2 heterocycles. The zero-order valence-corrected chi connectivity index (χ0v) is 9.37. The van der Waals surface area contributed by atoms with Crippen molar-refractivity contribution in [3.63, 3.8) is 0 Å². The van der Waals surface area contributed by atoms with Crippen molar-refractivity contribution in [2.75, 3.05) is 0 Å². The van der Waals surface area contributed by atoms with Crippen LogP contribution in [0.4, 0.5) is 0 Å². The van der Waals surface area contributed by atoms with Crippen LogP contribution in [0.2, 0.25) is 0 Å². The normalized spacial score (nSPS) is 25.3. The first-order valence-corrected chi connectivity index (χ1v) is 6.19. The number of aryl methyl sites for hydroxylation is 1. The van der Waals surface area contributed by atoms with Gasteiger partial charge in [-0.25, -0.2) is 4.98 Å². The van der Waals surface area contributed by atoms with Crippen LogP contribution in [0.15, 0.2) is 6.20 Å². The first-order chi connectivity index (χ1) is 7.38. The molecule has 3 heteroatoms. The zero-order valence-electron chi connectivity index (χ0n) is 9.37. The molecule has 1 aliphatic heterocycles. The van der Waals surface area contributed by atoms with E-state index in [1.807, 2.05) is 0 Å². The number of imidazole rings is 1. The molecule has 2 aliphatic rings. The van der Waals surface area contributed by atoms with Gasteiger partial charge in [0.15, 0.2) is 0 Å². The van der Waals surface area contributed by atoms with Crippen LogP contribution in [0.25, 0.3) is 0 Å². The van der Waals surface area contributed by atoms with E-state index in [4.69, 9.17) is 0 Å². The Morgan fingerprint density at radius 3 is 3.07 bits per heavy atom. The predicted molar refractivity (Wildman–Crippen MR) is 59.7 cm³/mol. The summed E-state index contributed by atoms with van der Waals surface area (Å²) in [5.74, 6) is 1.26. The van der Waals surface area contributed by atoms with E-state index in [2.05, 4.69) is 28.0 Å². The number of nitrogens with one attached hydrogen (secondary N) is 1. The summed E-state index contributed by atoms with van der Waals surface area (Å²) in [5, 5.41) is 3.73. The Labute approximate surface area is 90.9 Å². The summed E-state index contributed by atoms with van der Waals surface area (Å²) in [7, 11) is 0. The van der Waals surface area contributed by atoms with Crippen LogP contribution in [0.5, 0.6) is 0 Å². The van der Waals surface area contributed by atoms with Crippen LogP contribution in [-0.2, 0) is 13.0 Å². The van der Waals surface area contributed by atoms with Gasteiger partial charge in [0.25, 0.3) is 0 Å². The third-order valence-electron chi connectivity index (χ3n) is 3.53. The van der Waals surface area contributed by atoms with Gasteiger partial charge in [0, 0.05) is 25.0 Å². The third-order valence-corrected chi connectivity index (χ3v) is 3.53. The number of aromatic nitrogens is 2. The van der Waals surface area contributed by atoms with Crippen molar-refractivity contribution in [2.45, 2.75) is 57.7 Å². The summed E-state index contributed by atoms with van der Waals surface area (Å²) in [5.41, 5.74) is 1.42. The highest BCUT2D eigenvalue weighted by Gasteiger charge is 2.29. The van der Waals surface area contributed by atoms with Crippen molar-refractivity contribution in [1.29, 1.82) is 0 Å². The van der Waals surface area contributed by atoms with Crippen molar-refractivity contribution >= 4 is 0 Å². The lowest BCUT2D eigenvalue weighted by Crippen LogP contribution is -2.29. The molecule has 1 fully saturated rings. The molecule has 1 aromatic heterocycles. The quantitative estimate of drug-likeness (QED) is 0.818. The fourth-order valence-corrected chi connectivity index (χ4v) is 2.55. The van der Waals surface area contributed by atoms with Gasteiger partial charge >= 0.3 is 0 Å². The maximum atomic E-state index is 4.52. The minimum absolute atomic E-state index is 0.569. The Kier molecular flexibility index (Phi) is 2.28. The molecular formula is C12H19N3. The second-order valence-electron chi connectivity index (χ2n) is 4.74. The standard InChI is InChI=1S/C12H19N3/c1-2-12-13-8-11-10(14-9-5-6-9)4-3-7-15(11)12/h8-10,14H,2-7H2,1H3. The first kappa shape index (κ1) is 9.40. The highest BCUT2D eigenvalue weighted by molar-refractivity contribution is 5.13. The van der Waals surface area contributed by atoms with E-state index >= 15 is 0 Å². The molecule has 0 saturated heterocycles. The van der Waals surface area contributed by atoms with E-state index in [0.717, 1.165) is 12.5 Å². The van der Waals surface area contributed by atoms with Crippen molar-refractivity contribution in [1.82, 2.24) is 14.9 Å². The van der Waals surface area contributed by atoms with Gasteiger partial charge in [0.2, 0.25) is 0 Å². The summed E-state index contributed by atoms with van der Waals surface area (Å²) >= 11 is 0. The van der Waals surface area contributed by atoms with Crippen LogP contribution in [-0.4, -0.2) is 15.6 Å². The molecule has 15 heavy (non-hydrogen) atoms. The Bertz CT molecular complexity index is 352. The molecular weight excluding hydrogens is 186 g/mol. The lowest BCUT2D eigenvalue weighted by Gasteiger charge is -2.26. The van der Waals surface area contributed by atoms with Crippen LogP contribution < -0.4 is 5.32 Å². The molecule has 1 aromatic rings. The first-order valence-electron chi connectivity index (χ1n) is 6.19. The van der Waals surface area contributed by atoms with E-state index in [1.165, 1.54) is 43.7 Å². The average Bonchev–Trinajstić information content (AvgIpc) is 2.97. The van der Waals surface area contributed by atoms with Gasteiger partial charge in [-0.05, 0) is 25.7 Å². The van der Waals surface area contributed by atoms with E-state index in [0.29, 0.717) is 6.04 Å². The number of nitrogens with zero attached hydrogens (tertiary/aromatic N) is 2. The molecule has 0 radical (unpaired) electrons. The second-order valence-corrected chi connectivity index (χ2v) is 4.74. The minimum atomic E-state index is 0.569. The van der Waals surface area contributed by atoms with E-state index < -0.39 is 0 Å². The van der Waals surface area contributed by atoms with Crippen LogP contribution in [0.3, 0.4) is 0 Å². The Hall–Kier alpha value is -0.830. The Balaban J connectivity index is 1.85. The summed E-state index contributed by atoms with van der Waals surface area (Å²) in [6.45, 7) is 3.36. The SMILES string of the molecule is CCc1ncc2n1CCCC2NC1CC1. The molecule has 3 nitrogen and oxygen atoms in total. The lowest BCUT2D eigenvalue weighted by atomic mass is 10.0. The topological polar surface area (TPSA) is 29.9 Å². The molecule has 1 N–H and O–H groups in total. The minimum Gasteiger partial charge on any atom is -0.331 e. The molecule has 1 atom stereocenters. The Morgan fingerprint density at radius 2 is 2.33 bits per heavy atom. The van der Waals surface area contributed by atoms with E-state index in [-0.39, 0.29) is 0 Å². The third kappa shape index (κ3) is 1.69.